The van der Waals surface area contributed by atoms with Crippen LogP contribution in [0.2, 0.25) is 0 Å². The Bertz CT molecular complexity index is 669. The third-order valence-corrected chi connectivity index (χ3v) is 3.94. The van der Waals surface area contributed by atoms with Crippen LogP contribution < -0.4 is 5.32 Å². The first-order chi connectivity index (χ1) is 10.1. The van der Waals surface area contributed by atoms with Gasteiger partial charge in [-0.15, -0.1) is 11.8 Å². The minimum atomic E-state index is -0.236. The fourth-order valence-electron chi connectivity index (χ4n) is 1.89. The Kier molecular flexibility index (Phi) is 5.01. The number of hydrogen-bond acceptors (Lipinski definition) is 5. The molecule has 1 amide bonds. The first kappa shape index (κ1) is 15.1. The summed E-state index contributed by atoms with van der Waals surface area (Å²) < 4.78 is 5.01. The number of nitrogens with one attached hydrogen (secondary N) is 1. The maximum absolute atomic E-state index is 12.3. The van der Waals surface area contributed by atoms with Gasteiger partial charge in [-0.2, -0.15) is 5.26 Å². The average molecular weight is 301 g/mol. The van der Waals surface area contributed by atoms with Crippen LogP contribution in [0.25, 0.3) is 0 Å². The smallest absolute Gasteiger partial charge is 0.261 e. The fourth-order valence-corrected chi connectivity index (χ4v) is 2.76. The van der Waals surface area contributed by atoms with E-state index < -0.39 is 0 Å². The van der Waals surface area contributed by atoms with Crippen LogP contribution in [0.4, 0.5) is 5.69 Å². The number of amides is 1. The molecule has 2 aromatic rings. The third-order valence-electron chi connectivity index (χ3n) is 2.87. The molecule has 0 atom stereocenters. The van der Waals surface area contributed by atoms with Crippen molar-refractivity contribution in [3.05, 3.63) is 41.3 Å². The van der Waals surface area contributed by atoms with Crippen LogP contribution in [0.3, 0.4) is 0 Å². The monoisotopic (exact) mass is 301 g/mol. The number of hydrogen-bond donors (Lipinski definition) is 1. The number of aromatic nitrogens is 1. The van der Waals surface area contributed by atoms with E-state index in [2.05, 4.69) is 16.5 Å². The van der Waals surface area contributed by atoms with Crippen molar-refractivity contribution < 1.29 is 9.32 Å². The summed E-state index contributed by atoms with van der Waals surface area (Å²) in [6.07, 6.45) is 0.469. The van der Waals surface area contributed by atoms with Crippen molar-refractivity contribution in [2.24, 2.45) is 0 Å². The molecule has 1 aromatic heterocycles. The molecule has 0 aliphatic carbocycles. The summed E-state index contributed by atoms with van der Waals surface area (Å²) in [7, 11) is 0. The molecule has 0 aliphatic heterocycles. The first-order valence-corrected chi connectivity index (χ1v) is 7.45. The van der Waals surface area contributed by atoms with Gasteiger partial charge < -0.3 is 9.84 Å². The van der Waals surface area contributed by atoms with Crippen LogP contribution in [0, 0.1) is 25.2 Å². The van der Waals surface area contributed by atoms with Crippen molar-refractivity contribution in [3.63, 3.8) is 0 Å². The van der Waals surface area contributed by atoms with Gasteiger partial charge in [0.1, 0.15) is 11.3 Å². The Hall–Kier alpha value is -2.26. The number of para-hydroxylation sites is 1. The molecule has 1 aromatic carbocycles. The van der Waals surface area contributed by atoms with Gasteiger partial charge in [0.25, 0.3) is 5.91 Å². The molecular formula is C15H15N3O2S. The highest BCUT2D eigenvalue weighted by molar-refractivity contribution is 7.99. The minimum Gasteiger partial charge on any atom is -0.361 e. The van der Waals surface area contributed by atoms with Crippen molar-refractivity contribution in [1.82, 2.24) is 5.16 Å². The number of rotatable bonds is 5. The molecule has 108 valence electrons. The van der Waals surface area contributed by atoms with Crippen LogP contribution in [0.5, 0.6) is 0 Å². The van der Waals surface area contributed by atoms with E-state index in [0.717, 1.165) is 10.6 Å². The summed E-state index contributed by atoms with van der Waals surface area (Å²) in [4.78, 5) is 13.3. The topological polar surface area (TPSA) is 78.9 Å². The van der Waals surface area contributed by atoms with Crippen LogP contribution >= 0.6 is 11.8 Å². The van der Waals surface area contributed by atoms with Gasteiger partial charge in [0.15, 0.2) is 0 Å². The molecule has 21 heavy (non-hydrogen) atoms. The average Bonchev–Trinajstić information content (AvgIpc) is 2.80. The predicted octanol–water partition coefficient (Wildman–Crippen LogP) is 3.55. The molecule has 0 saturated heterocycles. The van der Waals surface area contributed by atoms with E-state index in [1.165, 1.54) is 0 Å². The van der Waals surface area contributed by atoms with Crippen molar-refractivity contribution in [2.45, 2.75) is 25.2 Å². The lowest BCUT2D eigenvalue weighted by Gasteiger charge is -2.10. The fraction of sp³-hybridized carbons (Fsp3) is 0.267. The molecule has 2 rings (SSSR count). The van der Waals surface area contributed by atoms with Crippen molar-refractivity contribution in [1.29, 1.82) is 5.26 Å². The maximum Gasteiger partial charge on any atom is 0.261 e. The number of nitriles is 1. The summed E-state index contributed by atoms with van der Waals surface area (Å²) in [5.74, 6) is 0.952. The molecule has 0 radical (unpaired) electrons. The second-order valence-corrected chi connectivity index (χ2v) is 5.54. The Labute approximate surface area is 127 Å². The van der Waals surface area contributed by atoms with Crippen LogP contribution in [0.15, 0.2) is 33.7 Å². The summed E-state index contributed by atoms with van der Waals surface area (Å²) in [5, 5.41) is 15.3. The zero-order valence-electron chi connectivity index (χ0n) is 11.8. The predicted molar refractivity (Wildman–Crippen MR) is 81.3 cm³/mol. The molecule has 0 aliphatic rings. The Balaban J connectivity index is 2.16. The maximum atomic E-state index is 12.3. The van der Waals surface area contributed by atoms with Gasteiger partial charge in [-0.1, -0.05) is 17.3 Å². The Morgan fingerprint density at radius 1 is 1.43 bits per heavy atom. The molecule has 6 heteroatoms. The number of benzene rings is 1. The van der Waals surface area contributed by atoms with E-state index >= 15 is 0 Å². The van der Waals surface area contributed by atoms with Crippen LogP contribution in [-0.4, -0.2) is 16.8 Å². The van der Waals surface area contributed by atoms with Crippen molar-refractivity contribution >= 4 is 23.4 Å². The molecule has 1 heterocycles. The number of nitrogens with zero attached hydrogens (tertiary/aromatic N) is 2. The molecule has 0 bridgehead atoms. The quantitative estimate of drug-likeness (QED) is 0.675. The zero-order chi connectivity index (χ0) is 15.2. The highest BCUT2D eigenvalue weighted by atomic mass is 32.2. The number of aryl methyl sites for hydroxylation is 2. The first-order valence-electron chi connectivity index (χ1n) is 6.46. The molecule has 1 N–H and O–H groups in total. The summed E-state index contributed by atoms with van der Waals surface area (Å²) in [5.41, 5.74) is 1.76. The van der Waals surface area contributed by atoms with Gasteiger partial charge in [-0.05, 0) is 26.0 Å². The van der Waals surface area contributed by atoms with Gasteiger partial charge >= 0.3 is 0 Å². The summed E-state index contributed by atoms with van der Waals surface area (Å²) in [6.45, 7) is 3.45. The van der Waals surface area contributed by atoms with E-state index in [-0.39, 0.29) is 5.91 Å². The largest absolute Gasteiger partial charge is 0.361 e. The Morgan fingerprint density at radius 2 is 2.19 bits per heavy atom. The van der Waals surface area contributed by atoms with E-state index in [9.17, 15) is 4.79 Å². The lowest BCUT2D eigenvalue weighted by Crippen LogP contribution is -2.14. The second-order valence-electron chi connectivity index (χ2n) is 4.41. The van der Waals surface area contributed by atoms with Gasteiger partial charge in [-0.25, -0.2) is 0 Å². The number of carbonyl (C=O) groups excluding carboxylic acids is 1. The van der Waals surface area contributed by atoms with Gasteiger partial charge in [0.05, 0.1) is 17.5 Å². The summed E-state index contributed by atoms with van der Waals surface area (Å²) in [6, 6.07) is 9.63. The highest BCUT2D eigenvalue weighted by Gasteiger charge is 2.18. The molecule has 5 nitrogen and oxygen atoms in total. The van der Waals surface area contributed by atoms with Crippen LogP contribution in [0.1, 0.15) is 28.2 Å². The molecule has 0 fully saturated rings. The van der Waals surface area contributed by atoms with Gasteiger partial charge in [0.2, 0.25) is 0 Å². The van der Waals surface area contributed by atoms with E-state index in [4.69, 9.17) is 9.78 Å². The summed E-state index contributed by atoms with van der Waals surface area (Å²) >= 11 is 1.54. The lowest BCUT2D eigenvalue weighted by molar-refractivity contribution is 0.102. The second kappa shape index (κ2) is 6.95. The SMILES string of the molecule is Cc1noc(C)c1C(=O)Nc1ccccc1SCCC#N. The van der Waals surface area contributed by atoms with E-state index in [1.807, 2.05) is 24.3 Å². The van der Waals surface area contributed by atoms with Gasteiger partial charge in [-0.3, -0.25) is 4.79 Å². The van der Waals surface area contributed by atoms with Crippen molar-refractivity contribution in [2.75, 3.05) is 11.1 Å². The minimum absolute atomic E-state index is 0.236. The van der Waals surface area contributed by atoms with E-state index in [0.29, 0.717) is 29.2 Å². The molecule has 0 spiro atoms. The number of carbonyl (C=O) groups is 1. The number of anilines is 1. The normalized spacial score (nSPS) is 10.1. The molecular weight excluding hydrogens is 286 g/mol. The standard InChI is InChI=1S/C15H15N3O2S/c1-10-14(11(2)20-18-10)15(19)17-12-6-3-4-7-13(12)21-9-5-8-16/h3-4,6-7H,5,9H2,1-2H3,(H,17,19). The zero-order valence-corrected chi connectivity index (χ0v) is 12.7. The van der Waals surface area contributed by atoms with Gasteiger partial charge in [0, 0.05) is 17.1 Å². The highest BCUT2D eigenvalue weighted by Crippen LogP contribution is 2.28. The lowest BCUT2D eigenvalue weighted by atomic mass is 10.2. The molecule has 0 saturated carbocycles. The van der Waals surface area contributed by atoms with Crippen LogP contribution in [-0.2, 0) is 0 Å². The van der Waals surface area contributed by atoms with Crippen molar-refractivity contribution in [3.8, 4) is 6.07 Å². The van der Waals surface area contributed by atoms with E-state index in [1.54, 1.807) is 25.6 Å². The number of thioether (sulfide) groups is 1. The Morgan fingerprint density at radius 3 is 2.86 bits per heavy atom. The molecule has 0 unspecified atom stereocenters. The third kappa shape index (κ3) is 3.64.